The summed E-state index contributed by atoms with van der Waals surface area (Å²) in [6, 6.07) is 7.48. The Morgan fingerprint density at radius 1 is 1.07 bits per heavy atom. The molecule has 1 spiro atoms. The van der Waals surface area contributed by atoms with Gasteiger partial charge in [-0.05, 0) is 24.3 Å². The highest BCUT2D eigenvalue weighted by molar-refractivity contribution is 5.99. The second-order valence-corrected chi connectivity index (χ2v) is 12.6. The second-order valence-electron chi connectivity index (χ2n) is 12.6. The van der Waals surface area contributed by atoms with E-state index in [0.29, 0.717) is 25.1 Å². The van der Waals surface area contributed by atoms with Crippen LogP contribution in [0.25, 0.3) is 0 Å². The van der Waals surface area contributed by atoms with Gasteiger partial charge in [0, 0.05) is 19.5 Å². The molecule has 238 valence electrons. The summed E-state index contributed by atoms with van der Waals surface area (Å²) >= 11 is 0. The molecule has 7 atom stereocenters. The van der Waals surface area contributed by atoms with Crippen molar-refractivity contribution in [2.24, 2.45) is 17.8 Å². The monoisotopic (exact) mass is 607 g/mol. The molecule has 10 nitrogen and oxygen atoms in total. The van der Waals surface area contributed by atoms with Crippen molar-refractivity contribution in [2.75, 3.05) is 26.2 Å². The summed E-state index contributed by atoms with van der Waals surface area (Å²) in [5.74, 6) is -3.58. The van der Waals surface area contributed by atoms with Gasteiger partial charge in [0.1, 0.15) is 23.7 Å². The Labute approximate surface area is 259 Å². The van der Waals surface area contributed by atoms with Crippen LogP contribution in [-0.2, 0) is 28.7 Å². The number of hydrogen-bond donors (Lipinski definition) is 2. The standard InChI is InChI=1S/C34H45N3O7/c1-4-5-11-18-36-19-12-7-10-15-27(39)35-20-26(23-13-8-6-9-14-23)43-33(42)28-25-16-17-34(44-25)29(28)31(40)37(30(34)32(36)41)24(21-38)22(2)3/h6-9,12-14,16-17,22,24-26,28-30,38H,4-5,10-11,15,18-21H2,1-3H3,(H,35,39)/b12-7-/t24-,25+,26+,28-,29-,30+,34-/m0/s1. The Balaban J connectivity index is 1.57. The van der Waals surface area contributed by atoms with Crippen molar-refractivity contribution in [2.45, 2.75) is 82.8 Å². The highest BCUT2D eigenvalue weighted by Gasteiger charge is 2.74. The van der Waals surface area contributed by atoms with E-state index in [1.807, 2.05) is 56.3 Å². The maximum Gasteiger partial charge on any atom is 0.313 e. The van der Waals surface area contributed by atoms with Gasteiger partial charge in [-0.3, -0.25) is 19.2 Å². The number of esters is 1. The van der Waals surface area contributed by atoms with Gasteiger partial charge < -0.3 is 29.7 Å². The average molecular weight is 608 g/mol. The highest BCUT2D eigenvalue weighted by Crippen LogP contribution is 2.56. The summed E-state index contributed by atoms with van der Waals surface area (Å²) < 4.78 is 12.6. The second kappa shape index (κ2) is 13.6. The number of aliphatic hydroxyl groups is 1. The number of cyclic esters (lactones) is 1. The molecule has 0 radical (unpaired) electrons. The van der Waals surface area contributed by atoms with Crippen LogP contribution in [0.5, 0.6) is 0 Å². The van der Waals surface area contributed by atoms with Gasteiger partial charge in [0.25, 0.3) is 0 Å². The van der Waals surface area contributed by atoms with Gasteiger partial charge in [0.05, 0.1) is 31.2 Å². The van der Waals surface area contributed by atoms with Crippen LogP contribution in [0.2, 0.25) is 0 Å². The van der Waals surface area contributed by atoms with Crippen LogP contribution >= 0.6 is 0 Å². The summed E-state index contributed by atoms with van der Waals surface area (Å²) in [4.78, 5) is 59.0. The Morgan fingerprint density at radius 2 is 1.84 bits per heavy atom. The fourth-order valence-corrected chi connectivity index (χ4v) is 7.09. The van der Waals surface area contributed by atoms with Gasteiger partial charge in [0.2, 0.25) is 17.7 Å². The fourth-order valence-electron chi connectivity index (χ4n) is 7.09. The maximum absolute atomic E-state index is 14.6. The lowest BCUT2D eigenvalue weighted by Crippen LogP contribution is -2.59. The first kappa shape index (κ1) is 31.9. The van der Waals surface area contributed by atoms with Crippen LogP contribution in [0.15, 0.2) is 54.6 Å². The molecule has 5 bridgehead atoms. The lowest BCUT2D eigenvalue weighted by molar-refractivity contribution is -0.160. The molecular formula is C34H45N3O7. The van der Waals surface area contributed by atoms with Gasteiger partial charge in [-0.25, -0.2) is 0 Å². The first-order valence-electron chi connectivity index (χ1n) is 16.0. The number of likely N-dealkylation sites (tertiary alicyclic amines) is 1. The average Bonchev–Trinajstić information content (AvgIpc) is 3.65. The van der Waals surface area contributed by atoms with Crippen LogP contribution in [0, 0.1) is 17.8 Å². The molecular weight excluding hydrogens is 562 g/mol. The molecule has 1 aromatic carbocycles. The molecule has 5 rings (SSSR count). The van der Waals surface area contributed by atoms with Gasteiger partial charge >= 0.3 is 5.97 Å². The number of amides is 3. The summed E-state index contributed by atoms with van der Waals surface area (Å²) in [6.45, 7) is 6.44. The first-order chi connectivity index (χ1) is 21.2. The van der Waals surface area contributed by atoms with Crippen molar-refractivity contribution in [3.63, 3.8) is 0 Å². The SMILES string of the molecule is CCCCCN1C/C=C\CCC(=O)NC[C@H](c2ccccc2)OC(=O)[C@@H]2[C@H]3C(=O)N([C@@H](CO)C(C)C)[C@H](C1=O)[C@]31C=C[C@H]2O1. The van der Waals surface area contributed by atoms with E-state index in [1.165, 1.54) is 4.90 Å². The van der Waals surface area contributed by atoms with Crippen LogP contribution in [-0.4, -0.2) is 88.6 Å². The first-order valence-corrected chi connectivity index (χ1v) is 16.0. The molecule has 4 heterocycles. The highest BCUT2D eigenvalue weighted by atomic mass is 16.6. The number of aliphatic hydroxyl groups excluding tert-OH is 1. The number of rotatable bonds is 8. The molecule has 0 aromatic heterocycles. The lowest BCUT2D eigenvalue weighted by Gasteiger charge is -2.40. The third-order valence-electron chi connectivity index (χ3n) is 9.42. The number of benzene rings is 1. The Kier molecular flexibility index (Phi) is 9.90. The molecule has 1 aromatic rings. The zero-order valence-electron chi connectivity index (χ0n) is 25.9. The number of unbranched alkanes of at least 4 members (excludes halogenated alkanes) is 2. The number of carbonyl (C=O) groups excluding carboxylic acids is 4. The predicted molar refractivity (Wildman–Crippen MR) is 163 cm³/mol. The van der Waals surface area contributed by atoms with Gasteiger partial charge in [-0.15, -0.1) is 0 Å². The molecule has 0 aliphatic carbocycles. The largest absolute Gasteiger partial charge is 0.455 e. The zero-order chi connectivity index (χ0) is 31.4. The smallest absolute Gasteiger partial charge is 0.313 e. The van der Waals surface area contributed by atoms with Crippen molar-refractivity contribution in [1.82, 2.24) is 15.1 Å². The van der Waals surface area contributed by atoms with Gasteiger partial charge in [-0.1, -0.05) is 88.2 Å². The van der Waals surface area contributed by atoms with Crippen molar-refractivity contribution in [1.29, 1.82) is 0 Å². The molecule has 10 heteroatoms. The summed E-state index contributed by atoms with van der Waals surface area (Å²) in [5.41, 5.74) is -0.647. The third-order valence-corrected chi connectivity index (χ3v) is 9.42. The number of hydrogen-bond acceptors (Lipinski definition) is 7. The molecule has 4 aliphatic heterocycles. The van der Waals surface area contributed by atoms with E-state index >= 15 is 0 Å². The topological polar surface area (TPSA) is 125 Å². The minimum absolute atomic E-state index is 0.0779. The van der Waals surface area contributed by atoms with Crippen LogP contribution in [0.1, 0.15) is 64.5 Å². The normalized spacial score (nSPS) is 32.2. The van der Waals surface area contributed by atoms with Crippen LogP contribution in [0.4, 0.5) is 0 Å². The fraction of sp³-hybridized carbons (Fsp3) is 0.588. The molecule has 4 aliphatic rings. The van der Waals surface area contributed by atoms with Gasteiger partial charge in [-0.2, -0.15) is 0 Å². The third kappa shape index (κ3) is 5.94. The van der Waals surface area contributed by atoms with Crippen LogP contribution in [0.3, 0.4) is 0 Å². The molecule has 44 heavy (non-hydrogen) atoms. The number of ether oxygens (including phenoxy) is 2. The predicted octanol–water partition coefficient (Wildman–Crippen LogP) is 2.92. The van der Waals surface area contributed by atoms with Crippen LogP contribution < -0.4 is 5.32 Å². The Morgan fingerprint density at radius 3 is 2.55 bits per heavy atom. The number of nitrogens with zero attached hydrogens (tertiary/aromatic N) is 2. The number of carbonyl (C=O) groups is 4. The number of nitrogens with one attached hydrogen (secondary N) is 1. The molecule has 3 amide bonds. The van der Waals surface area contributed by atoms with Gasteiger partial charge in [0.15, 0.2) is 0 Å². The summed E-state index contributed by atoms with van der Waals surface area (Å²) in [5, 5.41) is 13.4. The number of fused-ring (bicyclic) bond motifs is 2. The maximum atomic E-state index is 14.6. The molecule has 2 N–H and O–H groups in total. The van der Waals surface area contributed by atoms with E-state index in [0.717, 1.165) is 19.3 Å². The molecule has 0 unspecified atom stereocenters. The van der Waals surface area contributed by atoms with E-state index in [4.69, 9.17) is 9.47 Å². The minimum Gasteiger partial charge on any atom is -0.455 e. The Hall–Kier alpha value is -3.50. The molecule has 2 fully saturated rings. The van der Waals surface area contributed by atoms with Crippen molar-refractivity contribution in [3.05, 3.63) is 60.2 Å². The summed E-state index contributed by atoms with van der Waals surface area (Å²) in [7, 11) is 0. The Bertz CT molecular complexity index is 1280. The van der Waals surface area contributed by atoms with E-state index in [1.54, 1.807) is 17.1 Å². The zero-order valence-corrected chi connectivity index (χ0v) is 25.9. The van der Waals surface area contributed by atoms with Crippen molar-refractivity contribution < 1.29 is 33.8 Å². The molecule has 2 saturated heterocycles. The van der Waals surface area contributed by atoms with E-state index in [9.17, 15) is 24.3 Å². The minimum atomic E-state index is -1.36. The van der Waals surface area contributed by atoms with E-state index in [-0.39, 0.29) is 43.2 Å². The molecule has 0 saturated carbocycles. The van der Waals surface area contributed by atoms with E-state index < -0.39 is 47.7 Å². The quantitative estimate of drug-likeness (QED) is 0.265. The van der Waals surface area contributed by atoms with Crippen molar-refractivity contribution >= 4 is 23.7 Å². The van der Waals surface area contributed by atoms with E-state index in [2.05, 4.69) is 12.2 Å². The van der Waals surface area contributed by atoms with Crippen molar-refractivity contribution in [3.8, 4) is 0 Å². The lowest BCUT2D eigenvalue weighted by atomic mass is 9.74. The number of allylic oxidation sites excluding steroid dienone is 1. The summed E-state index contributed by atoms with van der Waals surface area (Å²) in [6.07, 6.45) is 9.25.